The number of nitrogens with zero attached hydrogens (tertiary/aromatic N) is 2. The van der Waals surface area contributed by atoms with Crippen LogP contribution in [0.4, 0.5) is 0 Å². The zero-order chi connectivity index (χ0) is 18.4. The van der Waals surface area contributed by atoms with Crippen LogP contribution in [0, 0.1) is 0 Å². The molecule has 0 aromatic heterocycles. The van der Waals surface area contributed by atoms with Crippen molar-refractivity contribution in [3.05, 3.63) is 29.8 Å². The number of guanidine groups is 1. The van der Waals surface area contributed by atoms with Crippen LogP contribution < -0.4 is 10.6 Å². The lowest BCUT2D eigenvalue weighted by atomic mass is 9.82. The maximum Gasteiger partial charge on any atom is 0.191 e. The van der Waals surface area contributed by atoms with Crippen LogP contribution in [0.15, 0.2) is 29.3 Å². The molecule has 0 radical (unpaired) electrons. The van der Waals surface area contributed by atoms with Gasteiger partial charge >= 0.3 is 0 Å². The fourth-order valence-electron chi connectivity index (χ4n) is 4.38. The lowest BCUT2D eigenvalue weighted by Crippen LogP contribution is -2.56. The minimum absolute atomic E-state index is 0. The Labute approximate surface area is 181 Å². The number of aromatic hydroxyl groups is 1. The number of benzene rings is 1. The van der Waals surface area contributed by atoms with Crippen molar-refractivity contribution in [1.82, 2.24) is 15.5 Å². The number of hydrogen-bond acceptors (Lipinski definition) is 3. The summed E-state index contributed by atoms with van der Waals surface area (Å²) in [6, 6.07) is 9.48. The van der Waals surface area contributed by atoms with E-state index < -0.39 is 0 Å². The summed E-state index contributed by atoms with van der Waals surface area (Å²) in [5.74, 6) is 1.29. The highest BCUT2D eigenvalue weighted by molar-refractivity contribution is 14.0. The molecule has 5 nitrogen and oxygen atoms in total. The van der Waals surface area contributed by atoms with Crippen molar-refractivity contribution in [3.63, 3.8) is 0 Å². The predicted octanol–water partition coefficient (Wildman–Crippen LogP) is 3.51. The highest BCUT2D eigenvalue weighted by Crippen LogP contribution is 2.32. The van der Waals surface area contributed by atoms with Gasteiger partial charge in [0.05, 0.1) is 0 Å². The van der Waals surface area contributed by atoms with Gasteiger partial charge in [-0.05, 0) is 70.2 Å². The number of rotatable bonds is 6. The molecule has 2 atom stereocenters. The molecule has 2 aliphatic rings. The van der Waals surface area contributed by atoms with Gasteiger partial charge in [-0.1, -0.05) is 18.6 Å². The molecule has 0 amide bonds. The Kier molecular flexibility index (Phi) is 9.15. The molecule has 2 saturated heterocycles. The van der Waals surface area contributed by atoms with Crippen molar-refractivity contribution in [3.8, 4) is 5.75 Å². The van der Waals surface area contributed by atoms with Gasteiger partial charge in [0.1, 0.15) is 5.75 Å². The normalized spacial score (nSPS) is 25.6. The largest absolute Gasteiger partial charge is 0.508 e. The summed E-state index contributed by atoms with van der Waals surface area (Å²) in [6.45, 7) is 3.83. The third-order valence-corrected chi connectivity index (χ3v) is 5.85. The number of aliphatic imine (C=N–C) groups is 1. The maximum atomic E-state index is 9.35. The molecule has 0 spiro atoms. The predicted molar refractivity (Wildman–Crippen MR) is 123 cm³/mol. The van der Waals surface area contributed by atoms with Gasteiger partial charge in [0.2, 0.25) is 0 Å². The SMILES string of the molecule is CCNC(=NCCCc1ccc(O)cc1)NC1CC2CCCC(C1)N2C.I. The van der Waals surface area contributed by atoms with E-state index in [1.54, 1.807) is 12.1 Å². The molecule has 0 aliphatic carbocycles. The number of aryl methyl sites for hydroxylation is 1. The van der Waals surface area contributed by atoms with Gasteiger partial charge in [0.25, 0.3) is 0 Å². The molecule has 2 aliphatic heterocycles. The molecule has 2 heterocycles. The van der Waals surface area contributed by atoms with Crippen LogP contribution in [0.3, 0.4) is 0 Å². The number of piperidine rings is 2. The molecule has 1 aromatic rings. The minimum atomic E-state index is 0. The topological polar surface area (TPSA) is 59.9 Å². The molecule has 0 saturated carbocycles. The van der Waals surface area contributed by atoms with Gasteiger partial charge in [-0.15, -0.1) is 24.0 Å². The summed E-state index contributed by atoms with van der Waals surface area (Å²) in [6.07, 6.45) is 8.52. The van der Waals surface area contributed by atoms with Crippen molar-refractivity contribution in [1.29, 1.82) is 0 Å². The van der Waals surface area contributed by atoms with Crippen LogP contribution in [-0.2, 0) is 6.42 Å². The van der Waals surface area contributed by atoms with Gasteiger partial charge < -0.3 is 20.6 Å². The number of fused-ring (bicyclic) bond motifs is 2. The molecule has 1 aromatic carbocycles. The molecule has 27 heavy (non-hydrogen) atoms. The van der Waals surface area contributed by atoms with E-state index in [0.29, 0.717) is 11.8 Å². The van der Waals surface area contributed by atoms with Crippen LogP contribution in [-0.4, -0.2) is 54.2 Å². The van der Waals surface area contributed by atoms with E-state index in [-0.39, 0.29) is 24.0 Å². The second-order valence-corrected chi connectivity index (χ2v) is 7.75. The van der Waals surface area contributed by atoms with Crippen molar-refractivity contribution in [2.75, 3.05) is 20.1 Å². The van der Waals surface area contributed by atoms with E-state index in [2.05, 4.69) is 29.5 Å². The number of hydrogen-bond donors (Lipinski definition) is 3. The Hall–Kier alpha value is -1.02. The van der Waals surface area contributed by atoms with E-state index in [9.17, 15) is 5.11 Å². The number of halogens is 1. The van der Waals surface area contributed by atoms with Crippen molar-refractivity contribution in [2.45, 2.75) is 70.0 Å². The fourth-order valence-corrected chi connectivity index (χ4v) is 4.38. The third-order valence-electron chi connectivity index (χ3n) is 5.85. The Morgan fingerprint density at radius 2 is 1.85 bits per heavy atom. The van der Waals surface area contributed by atoms with Crippen molar-refractivity contribution in [2.24, 2.45) is 4.99 Å². The Morgan fingerprint density at radius 3 is 2.48 bits per heavy atom. The maximum absolute atomic E-state index is 9.35. The average molecular weight is 486 g/mol. The molecular formula is C21H35IN4O. The number of phenolic OH excluding ortho intramolecular Hbond substituents is 1. The molecule has 3 rings (SSSR count). The molecular weight excluding hydrogens is 451 g/mol. The van der Waals surface area contributed by atoms with Crippen LogP contribution in [0.2, 0.25) is 0 Å². The van der Waals surface area contributed by atoms with E-state index >= 15 is 0 Å². The minimum Gasteiger partial charge on any atom is -0.508 e. The first-order valence-corrected chi connectivity index (χ1v) is 10.2. The number of nitrogens with one attached hydrogen (secondary N) is 2. The van der Waals surface area contributed by atoms with Crippen LogP contribution >= 0.6 is 24.0 Å². The quantitative estimate of drug-likeness (QED) is 0.249. The molecule has 3 N–H and O–H groups in total. The zero-order valence-electron chi connectivity index (χ0n) is 16.7. The van der Waals surface area contributed by atoms with Crippen LogP contribution in [0.25, 0.3) is 0 Å². The van der Waals surface area contributed by atoms with Gasteiger partial charge in [0, 0.05) is 31.2 Å². The fraction of sp³-hybridized carbons (Fsp3) is 0.667. The highest BCUT2D eigenvalue weighted by Gasteiger charge is 2.36. The Morgan fingerprint density at radius 1 is 1.19 bits per heavy atom. The van der Waals surface area contributed by atoms with Crippen molar-refractivity contribution >= 4 is 29.9 Å². The van der Waals surface area contributed by atoms with Gasteiger partial charge in [-0.25, -0.2) is 0 Å². The first-order valence-electron chi connectivity index (χ1n) is 10.2. The summed E-state index contributed by atoms with van der Waals surface area (Å²) in [4.78, 5) is 7.39. The van der Waals surface area contributed by atoms with Gasteiger partial charge in [-0.3, -0.25) is 4.99 Å². The summed E-state index contributed by atoms with van der Waals surface area (Å²) < 4.78 is 0. The van der Waals surface area contributed by atoms with Crippen molar-refractivity contribution < 1.29 is 5.11 Å². The Bertz CT molecular complexity index is 578. The summed E-state index contributed by atoms with van der Waals surface area (Å²) >= 11 is 0. The Balaban J connectivity index is 0.00000261. The molecule has 2 unspecified atom stereocenters. The first-order chi connectivity index (χ1) is 12.7. The lowest BCUT2D eigenvalue weighted by Gasteiger charge is -2.47. The summed E-state index contributed by atoms with van der Waals surface area (Å²) in [5, 5.41) is 16.4. The van der Waals surface area contributed by atoms with E-state index in [1.165, 1.54) is 37.7 Å². The van der Waals surface area contributed by atoms with Crippen LogP contribution in [0.5, 0.6) is 5.75 Å². The smallest absolute Gasteiger partial charge is 0.191 e. The third kappa shape index (κ3) is 6.52. The second-order valence-electron chi connectivity index (χ2n) is 7.75. The standard InChI is InChI=1S/C21H34N4O.HI/c1-3-22-21(23-13-5-6-16-9-11-20(26)12-10-16)24-17-14-18-7-4-8-19(15-17)25(18)2;/h9-12,17-19,26H,3-8,13-15H2,1-2H3,(H2,22,23,24);1H. The highest BCUT2D eigenvalue weighted by atomic mass is 127. The van der Waals surface area contributed by atoms with Gasteiger partial charge in [0.15, 0.2) is 5.96 Å². The molecule has 2 fully saturated rings. The monoisotopic (exact) mass is 486 g/mol. The zero-order valence-corrected chi connectivity index (χ0v) is 19.0. The van der Waals surface area contributed by atoms with Crippen LogP contribution in [0.1, 0.15) is 51.0 Å². The van der Waals surface area contributed by atoms with E-state index in [0.717, 1.165) is 44.0 Å². The summed E-state index contributed by atoms with van der Waals surface area (Å²) in [7, 11) is 2.30. The molecule has 152 valence electrons. The van der Waals surface area contributed by atoms with E-state index in [4.69, 9.17) is 4.99 Å². The average Bonchev–Trinajstić information content (AvgIpc) is 2.61. The summed E-state index contributed by atoms with van der Waals surface area (Å²) in [5.41, 5.74) is 1.25. The number of phenols is 1. The van der Waals surface area contributed by atoms with E-state index in [1.807, 2.05) is 12.1 Å². The lowest BCUT2D eigenvalue weighted by molar-refractivity contribution is 0.0526. The second kappa shape index (κ2) is 11.1. The van der Waals surface area contributed by atoms with Gasteiger partial charge in [-0.2, -0.15) is 0 Å². The molecule has 6 heteroatoms. The molecule has 2 bridgehead atoms. The first kappa shape index (κ1) is 22.3.